The van der Waals surface area contributed by atoms with E-state index in [1.54, 1.807) is 24.3 Å². The molecule has 2 aliphatic rings. The Hall–Kier alpha value is -4.46. The molecule has 35 heavy (non-hydrogen) atoms. The van der Waals surface area contributed by atoms with Gasteiger partial charge in [-0.05, 0) is 23.3 Å². The number of fused-ring (bicyclic) bond motifs is 4. The van der Waals surface area contributed by atoms with Crippen LogP contribution in [0.2, 0.25) is 0 Å². The molecule has 3 heterocycles. The van der Waals surface area contributed by atoms with Crippen molar-refractivity contribution in [3.8, 4) is 39.9 Å². The Labute approximate surface area is 199 Å². The van der Waals surface area contributed by atoms with Gasteiger partial charge in [-0.25, -0.2) is 0 Å². The maximum atomic E-state index is 13.5. The third-order valence-corrected chi connectivity index (χ3v) is 6.31. The Morgan fingerprint density at radius 3 is 2.60 bits per heavy atom. The molecule has 8 nitrogen and oxygen atoms in total. The van der Waals surface area contributed by atoms with Crippen molar-refractivity contribution in [1.29, 1.82) is 0 Å². The Morgan fingerprint density at radius 2 is 1.80 bits per heavy atom. The lowest BCUT2D eigenvalue weighted by Gasteiger charge is -2.28. The summed E-state index contributed by atoms with van der Waals surface area (Å²) >= 11 is 0. The van der Waals surface area contributed by atoms with Gasteiger partial charge in [0, 0.05) is 17.5 Å². The second kappa shape index (κ2) is 8.09. The topological polar surface area (TPSA) is 104 Å². The molecule has 6 rings (SSSR count). The number of ether oxygens (including phenoxy) is 4. The van der Waals surface area contributed by atoms with Gasteiger partial charge in [-0.15, -0.1) is 0 Å². The minimum atomic E-state index is -0.537. The maximum Gasteiger partial charge on any atom is 0.312 e. The normalized spacial score (nSPS) is 16.5. The van der Waals surface area contributed by atoms with Gasteiger partial charge in [0.2, 0.25) is 11.2 Å². The van der Waals surface area contributed by atoms with Crippen LogP contribution in [0.5, 0.6) is 28.7 Å². The molecule has 0 radical (unpaired) electrons. The Bertz CT molecular complexity index is 1520. The lowest BCUT2D eigenvalue weighted by molar-refractivity contribution is -0.135. The lowest BCUT2D eigenvalue weighted by Crippen LogP contribution is -2.22. The van der Waals surface area contributed by atoms with E-state index < -0.39 is 11.9 Å². The molecule has 1 aromatic heterocycles. The van der Waals surface area contributed by atoms with Gasteiger partial charge in [0.1, 0.15) is 41.9 Å². The summed E-state index contributed by atoms with van der Waals surface area (Å²) in [5.41, 5.74) is 1.96. The van der Waals surface area contributed by atoms with Gasteiger partial charge in [-0.3, -0.25) is 9.59 Å². The fourth-order valence-corrected chi connectivity index (χ4v) is 4.73. The lowest BCUT2D eigenvalue weighted by atomic mass is 9.84. The van der Waals surface area contributed by atoms with Crippen LogP contribution < -0.4 is 24.4 Å². The van der Waals surface area contributed by atoms with Crippen molar-refractivity contribution in [3.63, 3.8) is 0 Å². The van der Waals surface area contributed by atoms with Gasteiger partial charge in [0.05, 0.1) is 19.1 Å². The number of hydrogen-bond donors (Lipinski definition) is 1. The van der Waals surface area contributed by atoms with E-state index in [0.29, 0.717) is 52.7 Å². The van der Waals surface area contributed by atoms with Crippen LogP contribution in [0.1, 0.15) is 23.5 Å². The van der Waals surface area contributed by atoms with Crippen molar-refractivity contribution in [2.24, 2.45) is 0 Å². The van der Waals surface area contributed by atoms with E-state index in [9.17, 15) is 14.7 Å². The molecule has 0 spiro atoms. The highest BCUT2D eigenvalue weighted by molar-refractivity contribution is 5.94. The number of phenolic OH excluding ortho intramolecular Hbond substituents is 1. The maximum absolute atomic E-state index is 13.5. The zero-order valence-electron chi connectivity index (χ0n) is 18.7. The van der Waals surface area contributed by atoms with Crippen LogP contribution in [0.3, 0.4) is 0 Å². The van der Waals surface area contributed by atoms with Crippen molar-refractivity contribution < 1.29 is 33.3 Å². The largest absolute Gasteiger partial charge is 0.507 e. The van der Waals surface area contributed by atoms with Crippen LogP contribution in [0.15, 0.2) is 64.0 Å². The van der Waals surface area contributed by atoms with E-state index in [1.165, 1.54) is 19.4 Å². The molecule has 0 saturated carbocycles. The van der Waals surface area contributed by atoms with E-state index in [0.717, 1.165) is 0 Å². The Kier molecular flexibility index (Phi) is 4.88. The summed E-state index contributed by atoms with van der Waals surface area (Å²) in [6.07, 6.45) is 1.37. The van der Waals surface area contributed by atoms with Crippen LogP contribution >= 0.6 is 0 Å². The van der Waals surface area contributed by atoms with Gasteiger partial charge in [-0.1, -0.05) is 30.3 Å². The number of benzene rings is 3. The molecule has 3 aromatic carbocycles. The molecule has 1 N–H and O–H groups in total. The zero-order chi connectivity index (χ0) is 24.1. The van der Waals surface area contributed by atoms with E-state index in [-0.39, 0.29) is 34.3 Å². The van der Waals surface area contributed by atoms with Gasteiger partial charge >= 0.3 is 5.97 Å². The molecule has 1 unspecified atom stereocenters. The number of phenols is 1. The highest BCUT2D eigenvalue weighted by atomic mass is 16.6. The van der Waals surface area contributed by atoms with Gasteiger partial charge < -0.3 is 28.5 Å². The first-order chi connectivity index (χ1) is 17.0. The van der Waals surface area contributed by atoms with Crippen LogP contribution in [-0.4, -0.2) is 31.4 Å². The Morgan fingerprint density at radius 1 is 1.00 bits per heavy atom. The minimum Gasteiger partial charge on any atom is -0.507 e. The van der Waals surface area contributed by atoms with Crippen LogP contribution in [0.25, 0.3) is 22.1 Å². The van der Waals surface area contributed by atoms with Crippen molar-refractivity contribution in [3.05, 3.63) is 76.1 Å². The van der Waals surface area contributed by atoms with Gasteiger partial charge in [0.25, 0.3) is 0 Å². The van der Waals surface area contributed by atoms with Gasteiger partial charge in [0.15, 0.2) is 11.5 Å². The van der Waals surface area contributed by atoms with E-state index in [4.69, 9.17) is 23.4 Å². The molecule has 8 heteroatoms. The van der Waals surface area contributed by atoms with E-state index in [1.807, 2.05) is 18.2 Å². The number of methoxy groups -OCH3 is 1. The fraction of sp³-hybridized carbons (Fsp3) is 0.185. The number of aromatic hydroxyl groups is 1. The molecule has 0 amide bonds. The van der Waals surface area contributed by atoms with Crippen LogP contribution in [-0.2, 0) is 4.79 Å². The summed E-state index contributed by atoms with van der Waals surface area (Å²) in [7, 11) is 1.53. The summed E-state index contributed by atoms with van der Waals surface area (Å²) in [6.45, 7) is 0.789. The molecular formula is C27H20O8. The third-order valence-electron chi connectivity index (χ3n) is 6.31. The number of hydrogen-bond acceptors (Lipinski definition) is 8. The fourth-order valence-electron chi connectivity index (χ4n) is 4.73. The molecule has 0 saturated heterocycles. The first kappa shape index (κ1) is 21.1. The molecule has 4 aromatic rings. The summed E-state index contributed by atoms with van der Waals surface area (Å²) in [5.74, 6) is 0.272. The average molecular weight is 472 g/mol. The highest BCUT2D eigenvalue weighted by Gasteiger charge is 2.35. The number of carbonyl (C=O) groups excluding carboxylic acids is 1. The first-order valence-electron chi connectivity index (χ1n) is 11.1. The molecule has 2 aliphatic heterocycles. The predicted octanol–water partition coefficient (Wildman–Crippen LogP) is 4.39. The van der Waals surface area contributed by atoms with Crippen molar-refractivity contribution in [2.45, 2.75) is 12.3 Å². The van der Waals surface area contributed by atoms with Crippen molar-refractivity contribution >= 4 is 16.9 Å². The summed E-state index contributed by atoms with van der Waals surface area (Å²) in [5, 5.41) is 10.8. The quantitative estimate of drug-likeness (QED) is 0.346. The second-order valence-electron chi connectivity index (χ2n) is 8.33. The van der Waals surface area contributed by atoms with E-state index >= 15 is 0 Å². The summed E-state index contributed by atoms with van der Waals surface area (Å²) in [4.78, 5) is 26.0. The van der Waals surface area contributed by atoms with Crippen molar-refractivity contribution in [2.75, 3.05) is 20.3 Å². The standard InChI is InChI=1S/C27H20O8/c1-31-20-9-15(10-21-26(20)33-8-7-32-21)16-11-22(29)35-19-12-18(28)24-25(30)17(13-34-27(24)23(16)19)14-5-3-2-4-6-14/h2-6,9-10,12-13,16,28H,7-8,11H2,1H3. The van der Waals surface area contributed by atoms with Crippen LogP contribution in [0, 0.1) is 0 Å². The summed E-state index contributed by atoms with van der Waals surface area (Å²) < 4.78 is 28.4. The smallest absolute Gasteiger partial charge is 0.312 e. The zero-order valence-corrected chi connectivity index (χ0v) is 18.7. The van der Waals surface area contributed by atoms with Gasteiger partial charge in [-0.2, -0.15) is 0 Å². The predicted molar refractivity (Wildman–Crippen MR) is 126 cm³/mol. The Balaban J connectivity index is 1.59. The molecule has 0 bridgehead atoms. The average Bonchev–Trinajstić information content (AvgIpc) is 2.87. The minimum absolute atomic E-state index is 0.000178. The second-order valence-corrected chi connectivity index (χ2v) is 8.33. The monoisotopic (exact) mass is 472 g/mol. The van der Waals surface area contributed by atoms with Crippen LogP contribution in [0.4, 0.5) is 0 Å². The number of esters is 1. The van der Waals surface area contributed by atoms with Crippen molar-refractivity contribution in [1.82, 2.24) is 0 Å². The molecule has 0 fully saturated rings. The first-order valence-corrected chi connectivity index (χ1v) is 11.1. The van der Waals surface area contributed by atoms with E-state index in [2.05, 4.69) is 0 Å². The molecule has 0 aliphatic carbocycles. The molecule has 1 atom stereocenters. The highest BCUT2D eigenvalue weighted by Crippen LogP contribution is 2.49. The molecular weight excluding hydrogens is 452 g/mol. The SMILES string of the molecule is COc1cc(C2CC(=O)Oc3cc(O)c4c(=O)c(-c5ccccc5)coc4c32)cc2c1OCCO2. The summed E-state index contributed by atoms with van der Waals surface area (Å²) in [6, 6.07) is 13.9. The third kappa shape index (κ3) is 3.37. The molecule has 176 valence electrons. The number of rotatable bonds is 3. The number of carbonyl (C=O) groups is 1.